The van der Waals surface area contributed by atoms with Crippen molar-refractivity contribution in [1.29, 1.82) is 0 Å². The molecule has 1 aromatic rings. The largest absolute Gasteiger partial charge is 0.381 e. The molecule has 1 saturated carbocycles. The van der Waals surface area contributed by atoms with Crippen molar-refractivity contribution in [1.82, 2.24) is 14.7 Å². The molecule has 3 unspecified atom stereocenters. The second kappa shape index (κ2) is 5.35. The van der Waals surface area contributed by atoms with Gasteiger partial charge in [-0.25, -0.2) is 0 Å². The van der Waals surface area contributed by atoms with Crippen LogP contribution < -0.4 is 0 Å². The van der Waals surface area contributed by atoms with Crippen LogP contribution in [0, 0.1) is 18.3 Å². The van der Waals surface area contributed by atoms with Crippen molar-refractivity contribution in [3.05, 3.63) is 18.0 Å². The maximum absolute atomic E-state index is 12.7. The average Bonchev–Trinajstić information content (AvgIpc) is 2.82. The maximum atomic E-state index is 12.7. The Balaban J connectivity index is 1.36. The summed E-state index contributed by atoms with van der Waals surface area (Å²) in [6, 6.07) is 0. The van der Waals surface area contributed by atoms with E-state index < -0.39 is 0 Å². The number of hydrogen-bond acceptors (Lipinski definition) is 4. The van der Waals surface area contributed by atoms with Gasteiger partial charge < -0.3 is 14.4 Å². The van der Waals surface area contributed by atoms with Crippen LogP contribution in [0.3, 0.4) is 0 Å². The predicted molar refractivity (Wildman–Crippen MR) is 79.3 cm³/mol. The monoisotopic (exact) mass is 305 g/mol. The zero-order valence-electron chi connectivity index (χ0n) is 13.0. The van der Waals surface area contributed by atoms with Crippen LogP contribution >= 0.6 is 0 Å². The molecule has 1 amide bonds. The Bertz CT molecular complexity index is 565. The highest BCUT2D eigenvalue weighted by molar-refractivity contribution is 5.83. The fourth-order valence-corrected chi connectivity index (χ4v) is 3.78. The molecule has 3 aliphatic rings. The number of hydrogen-bond donors (Lipinski definition) is 0. The number of ether oxygens (including phenoxy) is 2. The molecule has 0 aromatic carbocycles. The van der Waals surface area contributed by atoms with E-state index in [2.05, 4.69) is 5.10 Å². The zero-order chi connectivity index (χ0) is 15.2. The van der Waals surface area contributed by atoms with Crippen molar-refractivity contribution < 1.29 is 14.3 Å². The average molecular weight is 305 g/mol. The predicted octanol–water partition coefficient (Wildman–Crippen LogP) is 0.846. The molecule has 2 aliphatic heterocycles. The lowest BCUT2D eigenvalue weighted by Crippen LogP contribution is -2.48. The van der Waals surface area contributed by atoms with Gasteiger partial charge in [-0.15, -0.1) is 0 Å². The van der Waals surface area contributed by atoms with Crippen molar-refractivity contribution in [2.45, 2.75) is 32.4 Å². The molecule has 1 aromatic heterocycles. The first-order valence-corrected chi connectivity index (χ1v) is 8.13. The van der Waals surface area contributed by atoms with Crippen LogP contribution in [0.25, 0.3) is 0 Å². The molecule has 22 heavy (non-hydrogen) atoms. The number of aromatic nitrogens is 2. The quantitative estimate of drug-likeness (QED) is 0.830. The number of amides is 1. The van der Waals surface area contributed by atoms with E-state index in [1.165, 1.54) is 0 Å². The Morgan fingerprint density at radius 1 is 1.50 bits per heavy atom. The van der Waals surface area contributed by atoms with E-state index in [0.29, 0.717) is 32.1 Å². The molecule has 0 bridgehead atoms. The van der Waals surface area contributed by atoms with Gasteiger partial charge in [-0.05, 0) is 25.3 Å². The van der Waals surface area contributed by atoms with Crippen LogP contribution in [0.1, 0.15) is 18.4 Å². The van der Waals surface area contributed by atoms with Crippen molar-refractivity contribution >= 4 is 5.91 Å². The van der Waals surface area contributed by atoms with E-state index in [-0.39, 0.29) is 17.4 Å². The molecule has 3 fully saturated rings. The lowest BCUT2D eigenvalue weighted by molar-refractivity contribution is -0.141. The van der Waals surface area contributed by atoms with Crippen molar-refractivity contribution in [3.63, 3.8) is 0 Å². The molecule has 1 spiro atoms. The highest BCUT2D eigenvalue weighted by Gasteiger charge is 2.60. The van der Waals surface area contributed by atoms with Gasteiger partial charge in [0, 0.05) is 37.2 Å². The van der Waals surface area contributed by atoms with E-state index >= 15 is 0 Å². The highest BCUT2D eigenvalue weighted by Crippen LogP contribution is 2.58. The number of nitrogens with zero attached hydrogens (tertiary/aromatic N) is 3. The standard InChI is InChI=1S/C16H23N3O3/c1-12-7-17-19(8-12)10-13-9-18(3-5-22-13)15(20)14-6-16(14)2-4-21-11-16/h7-8,13-14H,2-6,9-11H2,1H3. The number of morpholine rings is 1. The summed E-state index contributed by atoms with van der Waals surface area (Å²) < 4.78 is 13.2. The van der Waals surface area contributed by atoms with Crippen molar-refractivity contribution in [2.75, 3.05) is 32.9 Å². The highest BCUT2D eigenvalue weighted by atomic mass is 16.5. The summed E-state index contributed by atoms with van der Waals surface area (Å²) in [5.74, 6) is 0.483. The first-order chi connectivity index (χ1) is 10.7. The Morgan fingerprint density at radius 3 is 3.14 bits per heavy atom. The molecule has 3 heterocycles. The van der Waals surface area contributed by atoms with Crippen LogP contribution in [-0.2, 0) is 20.8 Å². The van der Waals surface area contributed by atoms with Crippen LogP contribution in [0.15, 0.2) is 12.4 Å². The second-order valence-electron chi connectivity index (χ2n) is 6.94. The van der Waals surface area contributed by atoms with Gasteiger partial charge in [0.1, 0.15) is 0 Å². The third kappa shape index (κ3) is 2.54. The van der Waals surface area contributed by atoms with Crippen molar-refractivity contribution in [2.24, 2.45) is 11.3 Å². The molecular formula is C16H23N3O3. The van der Waals surface area contributed by atoms with Gasteiger partial charge in [-0.2, -0.15) is 5.10 Å². The summed E-state index contributed by atoms with van der Waals surface area (Å²) in [5.41, 5.74) is 1.31. The SMILES string of the molecule is Cc1cnn(CC2CN(C(=O)C3CC34CCOC4)CCO2)c1. The minimum atomic E-state index is 0.0338. The lowest BCUT2D eigenvalue weighted by Gasteiger charge is -2.33. The summed E-state index contributed by atoms with van der Waals surface area (Å²) in [5, 5.41) is 4.30. The van der Waals surface area contributed by atoms with E-state index in [1.54, 1.807) is 0 Å². The number of rotatable bonds is 3. The molecule has 1 aliphatic carbocycles. The molecule has 3 atom stereocenters. The Kier molecular flexibility index (Phi) is 3.46. The van der Waals surface area contributed by atoms with E-state index in [0.717, 1.165) is 31.6 Å². The first kappa shape index (κ1) is 14.2. The molecular weight excluding hydrogens is 282 g/mol. The van der Waals surface area contributed by atoms with Crippen LogP contribution in [0.2, 0.25) is 0 Å². The fourth-order valence-electron chi connectivity index (χ4n) is 3.78. The van der Waals surface area contributed by atoms with Crippen molar-refractivity contribution in [3.8, 4) is 0 Å². The van der Waals surface area contributed by atoms with Gasteiger partial charge in [0.15, 0.2) is 0 Å². The number of carbonyl (C=O) groups excluding carboxylic acids is 1. The van der Waals surface area contributed by atoms with E-state index in [4.69, 9.17) is 9.47 Å². The molecule has 4 rings (SSSR count). The summed E-state index contributed by atoms with van der Waals surface area (Å²) in [7, 11) is 0. The molecule has 6 heteroatoms. The Morgan fingerprint density at radius 2 is 2.41 bits per heavy atom. The van der Waals surface area contributed by atoms with Gasteiger partial charge in [0.2, 0.25) is 5.91 Å². The minimum absolute atomic E-state index is 0.0338. The molecule has 2 saturated heterocycles. The smallest absolute Gasteiger partial charge is 0.226 e. The third-order valence-corrected chi connectivity index (χ3v) is 5.23. The minimum Gasteiger partial charge on any atom is -0.381 e. The fraction of sp³-hybridized carbons (Fsp3) is 0.750. The molecule has 6 nitrogen and oxygen atoms in total. The van der Waals surface area contributed by atoms with Crippen LogP contribution in [-0.4, -0.2) is 59.6 Å². The Labute approximate surface area is 130 Å². The van der Waals surface area contributed by atoms with Gasteiger partial charge in [0.05, 0.1) is 32.1 Å². The topological polar surface area (TPSA) is 56.6 Å². The Hall–Kier alpha value is -1.40. The summed E-state index contributed by atoms with van der Waals surface area (Å²) in [6.45, 7) is 6.31. The van der Waals surface area contributed by atoms with Gasteiger partial charge >= 0.3 is 0 Å². The first-order valence-electron chi connectivity index (χ1n) is 8.13. The second-order valence-corrected chi connectivity index (χ2v) is 6.94. The summed E-state index contributed by atoms with van der Waals surface area (Å²) >= 11 is 0. The van der Waals surface area contributed by atoms with Crippen LogP contribution in [0.5, 0.6) is 0 Å². The molecule has 0 radical (unpaired) electrons. The van der Waals surface area contributed by atoms with E-state index in [1.807, 2.05) is 28.9 Å². The zero-order valence-corrected chi connectivity index (χ0v) is 13.0. The number of carbonyl (C=O) groups is 1. The van der Waals surface area contributed by atoms with Crippen LogP contribution in [0.4, 0.5) is 0 Å². The van der Waals surface area contributed by atoms with Gasteiger partial charge in [0.25, 0.3) is 0 Å². The molecule has 0 N–H and O–H groups in total. The summed E-state index contributed by atoms with van der Waals surface area (Å²) in [4.78, 5) is 14.7. The normalized spacial score (nSPS) is 34.3. The lowest BCUT2D eigenvalue weighted by atomic mass is 10.0. The van der Waals surface area contributed by atoms with E-state index in [9.17, 15) is 4.79 Å². The maximum Gasteiger partial charge on any atom is 0.226 e. The summed E-state index contributed by atoms with van der Waals surface area (Å²) in [6.07, 6.45) is 5.94. The molecule has 120 valence electrons. The van der Waals surface area contributed by atoms with Gasteiger partial charge in [-0.1, -0.05) is 0 Å². The number of aryl methyl sites for hydroxylation is 1. The third-order valence-electron chi connectivity index (χ3n) is 5.23. The van der Waals surface area contributed by atoms with Gasteiger partial charge in [-0.3, -0.25) is 9.48 Å².